The molecule has 0 aliphatic carbocycles. The summed E-state index contributed by atoms with van der Waals surface area (Å²) in [5.74, 6) is -1.69. The highest BCUT2D eigenvalue weighted by Crippen LogP contribution is 2.18. The van der Waals surface area contributed by atoms with Gasteiger partial charge in [0.25, 0.3) is 0 Å². The Balaban J connectivity index is 2.22. The Hall–Kier alpha value is -1.82. The molecule has 2 rings (SSSR count). The van der Waals surface area contributed by atoms with Crippen molar-refractivity contribution in [1.29, 1.82) is 0 Å². The predicted octanol–water partition coefficient (Wildman–Crippen LogP) is 0.784. The monoisotopic (exact) mass is 279 g/mol. The largest absolute Gasteiger partial charge is 0.480 e. The zero-order valence-electron chi connectivity index (χ0n) is 10.1. The molecule has 0 bridgehead atoms. The van der Waals surface area contributed by atoms with Crippen LogP contribution >= 0.6 is 11.8 Å². The molecule has 1 saturated heterocycles. The molecule has 0 aromatic heterocycles. The van der Waals surface area contributed by atoms with Crippen LogP contribution in [0.4, 0.5) is 0 Å². The minimum Gasteiger partial charge on any atom is -0.480 e. The smallest absolute Gasteiger partial charge is 0.327 e. The normalized spacial score (nSPS) is 17.4. The van der Waals surface area contributed by atoms with Crippen molar-refractivity contribution in [3.8, 4) is 0 Å². The zero-order chi connectivity index (χ0) is 13.8. The summed E-state index contributed by atoms with van der Waals surface area (Å²) in [5.41, 5.74) is 0.786. The molecule has 2 amide bonds. The first-order valence-electron chi connectivity index (χ1n) is 5.79. The van der Waals surface area contributed by atoms with Crippen LogP contribution in [0, 0.1) is 0 Å². The van der Waals surface area contributed by atoms with Crippen LogP contribution in [-0.4, -0.2) is 45.3 Å². The van der Waals surface area contributed by atoms with Crippen LogP contribution in [0.3, 0.4) is 0 Å². The number of carbonyl (C=O) groups excluding carboxylic acids is 2. The molecule has 19 heavy (non-hydrogen) atoms. The maximum Gasteiger partial charge on any atom is 0.327 e. The number of rotatable bonds is 4. The molecule has 6 heteroatoms. The summed E-state index contributed by atoms with van der Waals surface area (Å²) in [6.07, 6.45) is 0.137. The molecule has 1 aliphatic heterocycles. The second kappa shape index (κ2) is 5.88. The molecule has 1 aromatic carbocycles. The third-order valence-corrected chi connectivity index (χ3v) is 3.76. The fourth-order valence-corrected chi connectivity index (χ4v) is 2.71. The molecule has 1 aliphatic rings. The summed E-state index contributed by atoms with van der Waals surface area (Å²) in [5, 5.41) is 9.27. The van der Waals surface area contributed by atoms with Crippen molar-refractivity contribution < 1.29 is 19.5 Å². The van der Waals surface area contributed by atoms with E-state index in [-0.39, 0.29) is 17.9 Å². The van der Waals surface area contributed by atoms with E-state index in [2.05, 4.69) is 0 Å². The van der Waals surface area contributed by atoms with Gasteiger partial charge >= 0.3 is 5.97 Å². The Morgan fingerprint density at radius 1 is 1.21 bits per heavy atom. The molecule has 1 N–H and O–H groups in total. The van der Waals surface area contributed by atoms with Crippen molar-refractivity contribution in [2.45, 2.75) is 12.5 Å². The first kappa shape index (κ1) is 13.6. The lowest BCUT2D eigenvalue weighted by molar-refractivity contribution is -0.156. The van der Waals surface area contributed by atoms with E-state index in [4.69, 9.17) is 0 Å². The number of benzene rings is 1. The van der Waals surface area contributed by atoms with Gasteiger partial charge in [0.1, 0.15) is 6.04 Å². The number of carboxylic acids is 1. The van der Waals surface area contributed by atoms with Gasteiger partial charge in [-0.25, -0.2) is 4.79 Å². The summed E-state index contributed by atoms with van der Waals surface area (Å²) >= 11 is 1.22. The Bertz CT molecular complexity index is 487. The van der Waals surface area contributed by atoms with Gasteiger partial charge in [-0.1, -0.05) is 30.3 Å². The molecule has 1 unspecified atom stereocenters. The van der Waals surface area contributed by atoms with Crippen LogP contribution in [0.1, 0.15) is 5.56 Å². The van der Waals surface area contributed by atoms with Crippen LogP contribution in [0.5, 0.6) is 0 Å². The molecule has 0 radical (unpaired) electrons. The second-order valence-electron chi connectivity index (χ2n) is 4.19. The summed E-state index contributed by atoms with van der Waals surface area (Å²) in [6, 6.07) is 7.86. The summed E-state index contributed by atoms with van der Waals surface area (Å²) in [4.78, 5) is 35.8. The molecule has 0 saturated carbocycles. The maximum absolute atomic E-state index is 11.8. The topological polar surface area (TPSA) is 74.7 Å². The van der Waals surface area contributed by atoms with Gasteiger partial charge in [-0.05, 0) is 5.56 Å². The Kier molecular flexibility index (Phi) is 4.21. The van der Waals surface area contributed by atoms with Crippen LogP contribution in [-0.2, 0) is 20.8 Å². The first-order valence-corrected chi connectivity index (χ1v) is 6.94. The Morgan fingerprint density at radius 3 is 2.32 bits per heavy atom. The van der Waals surface area contributed by atoms with Gasteiger partial charge in [0, 0.05) is 6.42 Å². The van der Waals surface area contributed by atoms with Gasteiger partial charge in [0.05, 0.1) is 11.5 Å². The lowest BCUT2D eigenvalue weighted by Gasteiger charge is -2.30. The zero-order valence-corrected chi connectivity index (χ0v) is 10.9. The highest BCUT2D eigenvalue weighted by molar-refractivity contribution is 8.00. The number of aliphatic carboxylic acids is 1. The van der Waals surface area contributed by atoms with Crippen molar-refractivity contribution in [1.82, 2.24) is 4.90 Å². The van der Waals surface area contributed by atoms with E-state index in [0.717, 1.165) is 10.5 Å². The predicted molar refractivity (Wildman–Crippen MR) is 70.7 cm³/mol. The van der Waals surface area contributed by atoms with Crippen LogP contribution in [0.25, 0.3) is 0 Å². The van der Waals surface area contributed by atoms with E-state index >= 15 is 0 Å². The van der Waals surface area contributed by atoms with E-state index < -0.39 is 23.8 Å². The molecule has 0 spiro atoms. The van der Waals surface area contributed by atoms with Crippen LogP contribution < -0.4 is 0 Å². The number of imide groups is 1. The van der Waals surface area contributed by atoms with Crippen LogP contribution in [0.15, 0.2) is 30.3 Å². The fourth-order valence-electron chi connectivity index (χ4n) is 1.98. The highest BCUT2D eigenvalue weighted by Gasteiger charge is 2.36. The summed E-state index contributed by atoms with van der Waals surface area (Å²) in [6.45, 7) is 0. The van der Waals surface area contributed by atoms with Gasteiger partial charge in [-0.15, -0.1) is 11.8 Å². The summed E-state index contributed by atoms with van der Waals surface area (Å²) in [7, 11) is 0. The van der Waals surface area contributed by atoms with Crippen LogP contribution in [0.2, 0.25) is 0 Å². The third-order valence-electron chi connectivity index (χ3n) is 2.86. The van der Waals surface area contributed by atoms with Crippen molar-refractivity contribution in [3.05, 3.63) is 35.9 Å². The summed E-state index contributed by atoms with van der Waals surface area (Å²) < 4.78 is 0. The molecule has 1 heterocycles. The molecule has 1 aromatic rings. The van der Waals surface area contributed by atoms with Crippen molar-refractivity contribution in [2.75, 3.05) is 11.5 Å². The molecule has 5 nitrogen and oxygen atoms in total. The van der Waals surface area contributed by atoms with E-state index in [0.29, 0.717) is 0 Å². The molecule has 1 atom stereocenters. The molecular weight excluding hydrogens is 266 g/mol. The van der Waals surface area contributed by atoms with Gasteiger partial charge in [-0.2, -0.15) is 0 Å². The van der Waals surface area contributed by atoms with Crippen molar-refractivity contribution in [3.63, 3.8) is 0 Å². The van der Waals surface area contributed by atoms with E-state index in [1.54, 1.807) is 24.3 Å². The number of nitrogens with zero attached hydrogens (tertiary/aromatic N) is 1. The Labute approximate surface area is 114 Å². The van der Waals surface area contributed by atoms with Crippen molar-refractivity contribution in [2.24, 2.45) is 0 Å². The van der Waals surface area contributed by atoms with E-state index in [9.17, 15) is 19.5 Å². The number of hydrogen-bond acceptors (Lipinski definition) is 4. The lowest BCUT2D eigenvalue weighted by Crippen LogP contribution is -2.53. The number of carbonyl (C=O) groups is 3. The fraction of sp³-hybridized carbons (Fsp3) is 0.308. The Morgan fingerprint density at radius 2 is 1.79 bits per heavy atom. The number of hydrogen-bond donors (Lipinski definition) is 1. The van der Waals surface area contributed by atoms with Gasteiger partial charge < -0.3 is 5.11 Å². The SMILES string of the molecule is O=C(O)C(Cc1ccccc1)N1C(=O)CSCC1=O. The average Bonchev–Trinajstić information content (AvgIpc) is 2.38. The van der Waals surface area contributed by atoms with E-state index in [1.165, 1.54) is 11.8 Å². The van der Waals surface area contributed by atoms with Gasteiger partial charge in [0.15, 0.2) is 0 Å². The maximum atomic E-state index is 11.8. The standard InChI is InChI=1S/C13H13NO4S/c15-11-7-19-8-12(16)14(11)10(13(17)18)6-9-4-2-1-3-5-9/h1-5,10H,6-8H2,(H,17,18). The van der Waals surface area contributed by atoms with Gasteiger partial charge in [0.2, 0.25) is 11.8 Å². The highest BCUT2D eigenvalue weighted by atomic mass is 32.2. The van der Waals surface area contributed by atoms with E-state index in [1.807, 2.05) is 6.07 Å². The first-order chi connectivity index (χ1) is 9.09. The van der Waals surface area contributed by atoms with Crippen molar-refractivity contribution >= 4 is 29.5 Å². The molecule has 1 fully saturated rings. The second-order valence-corrected chi connectivity index (χ2v) is 5.18. The molecule has 100 valence electrons. The number of amides is 2. The molecular formula is C13H13NO4S. The number of thioether (sulfide) groups is 1. The average molecular weight is 279 g/mol. The van der Waals surface area contributed by atoms with Gasteiger partial charge in [-0.3, -0.25) is 14.5 Å². The third kappa shape index (κ3) is 3.14. The quantitative estimate of drug-likeness (QED) is 0.825. The minimum absolute atomic E-state index is 0.137. The minimum atomic E-state index is -1.16. The number of carboxylic acid groups (broad SMARTS) is 1. The lowest BCUT2D eigenvalue weighted by atomic mass is 10.0.